The number of hydrogen-bond acceptors (Lipinski definition) is 7. The van der Waals surface area contributed by atoms with Crippen LogP contribution in [0.2, 0.25) is 0 Å². The first-order valence-corrected chi connectivity index (χ1v) is 9.50. The molecule has 1 aromatic carbocycles. The van der Waals surface area contributed by atoms with E-state index in [1.165, 1.54) is 6.07 Å². The van der Waals surface area contributed by atoms with Gasteiger partial charge in [-0.3, -0.25) is 9.79 Å². The van der Waals surface area contributed by atoms with Gasteiger partial charge in [0, 0.05) is 17.8 Å². The molecule has 3 heterocycles. The van der Waals surface area contributed by atoms with E-state index in [-0.39, 0.29) is 5.43 Å². The first kappa shape index (κ1) is 19.6. The van der Waals surface area contributed by atoms with Gasteiger partial charge in [0.05, 0.1) is 34.9 Å². The summed E-state index contributed by atoms with van der Waals surface area (Å²) in [4.78, 5) is 32.9. The predicted molar refractivity (Wildman–Crippen MR) is 110 cm³/mol. The quantitative estimate of drug-likeness (QED) is 0.644. The summed E-state index contributed by atoms with van der Waals surface area (Å²) in [6.07, 6.45) is -0.777. The average Bonchev–Trinajstić information content (AvgIpc) is 2.68. The minimum Gasteiger partial charge on any atom is -0.478 e. The summed E-state index contributed by atoms with van der Waals surface area (Å²) in [7, 11) is 0. The molecule has 3 aromatic rings. The third-order valence-corrected chi connectivity index (χ3v) is 5.01. The van der Waals surface area contributed by atoms with E-state index in [4.69, 9.17) is 13.9 Å². The van der Waals surface area contributed by atoms with Crippen molar-refractivity contribution in [2.75, 3.05) is 6.61 Å². The molecule has 4 rings (SSSR count). The van der Waals surface area contributed by atoms with Gasteiger partial charge in [-0.15, -0.1) is 0 Å². The molecule has 8 heteroatoms. The van der Waals surface area contributed by atoms with Crippen molar-refractivity contribution in [2.24, 2.45) is 4.99 Å². The number of aryl methyl sites for hydroxylation is 1. The van der Waals surface area contributed by atoms with Gasteiger partial charge < -0.3 is 19.0 Å². The second-order valence-corrected chi connectivity index (χ2v) is 6.96. The van der Waals surface area contributed by atoms with E-state index < -0.39 is 18.2 Å². The van der Waals surface area contributed by atoms with Gasteiger partial charge >= 0.3 is 6.16 Å². The number of rotatable bonds is 4. The van der Waals surface area contributed by atoms with Gasteiger partial charge in [-0.25, -0.2) is 9.78 Å². The Kier molecular flexibility index (Phi) is 4.99. The number of para-hydroxylation sites is 1. The molecule has 30 heavy (non-hydrogen) atoms. The molecule has 0 radical (unpaired) electrons. The van der Waals surface area contributed by atoms with Crippen LogP contribution >= 0.6 is 0 Å². The summed E-state index contributed by atoms with van der Waals surface area (Å²) in [6, 6.07) is 8.36. The van der Waals surface area contributed by atoms with Crippen LogP contribution in [0.25, 0.3) is 11.0 Å². The molecule has 2 atom stereocenters. The largest absolute Gasteiger partial charge is 0.506 e. The normalized spacial score (nSPS) is 17.9. The fourth-order valence-electron chi connectivity index (χ4n) is 3.87. The fourth-order valence-corrected chi connectivity index (χ4v) is 3.87. The lowest BCUT2D eigenvalue weighted by Crippen LogP contribution is -2.35. The Labute approximate surface area is 171 Å². The maximum atomic E-state index is 12.5. The van der Waals surface area contributed by atoms with Crippen LogP contribution in [-0.2, 0) is 4.74 Å². The third-order valence-electron chi connectivity index (χ3n) is 5.01. The highest BCUT2D eigenvalue weighted by Gasteiger charge is 2.39. The molecule has 2 unspecified atom stereocenters. The lowest BCUT2D eigenvalue weighted by Gasteiger charge is -2.32. The smallest absolute Gasteiger partial charge is 0.478 e. The van der Waals surface area contributed by atoms with Crippen LogP contribution in [0.1, 0.15) is 36.7 Å². The van der Waals surface area contributed by atoms with E-state index >= 15 is 0 Å². The highest BCUT2D eigenvalue weighted by Crippen LogP contribution is 2.46. The Morgan fingerprint density at radius 1 is 1.27 bits per heavy atom. The van der Waals surface area contributed by atoms with Crippen LogP contribution in [0.3, 0.4) is 0 Å². The van der Waals surface area contributed by atoms with Crippen molar-refractivity contribution in [3.63, 3.8) is 0 Å². The number of nitrogens with zero attached hydrogens (tertiary/aromatic N) is 2. The van der Waals surface area contributed by atoms with Gasteiger partial charge in [-0.05, 0) is 32.9 Å². The summed E-state index contributed by atoms with van der Waals surface area (Å²) in [5.74, 6) is 0.132. The summed E-state index contributed by atoms with van der Waals surface area (Å²) in [6.45, 7) is 5.60. The highest BCUT2D eigenvalue weighted by atomic mass is 16.7. The number of benzene rings is 1. The molecule has 0 spiro atoms. The molecule has 0 fully saturated rings. The molecule has 8 nitrogen and oxygen atoms in total. The van der Waals surface area contributed by atoms with Gasteiger partial charge in [-0.2, -0.15) is 0 Å². The number of pyridine rings is 1. The second-order valence-electron chi connectivity index (χ2n) is 6.96. The van der Waals surface area contributed by atoms with E-state index in [0.717, 1.165) is 0 Å². The number of ether oxygens (including phenoxy) is 2. The van der Waals surface area contributed by atoms with Crippen molar-refractivity contribution in [3.8, 4) is 5.88 Å². The zero-order valence-corrected chi connectivity index (χ0v) is 16.7. The first-order chi connectivity index (χ1) is 14.4. The first-order valence-electron chi connectivity index (χ1n) is 9.50. The highest BCUT2D eigenvalue weighted by molar-refractivity contribution is 5.95. The molecule has 0 aliphatic carbocycles. The second kappa shape index (κ2) is 7.62. The zero-order chi connectivity index (χ0) is 21.4. The van der Waals surface area contributed by atoms with Crippen LogP contribution < -0.4 is 10.2 Å². The van der Waals surface area contributed by atoms with E-state index in [1.807, 2.05) is 6.92 Å². The number of fused-ring (bicyclic) bond motifs is 2. The van der Waals surface area contributed by atoms with Crippen molar-refractivity contribution in [3.05, 3.63) is 63.6 Å². The molecule has 154 valence electrons. The van der Waals surface area contributed by atoms with Crippen molar-refractivity contribution in [1.29, 1.82) is 0 Å². The van der Waals surface area contributed by atoms with Gasteiger partial charge in [0.25, 0.3) is 0 Å². The molecular formula is C22H20N2O6. The van der Waals surface area contributed by atoms with Crippen molar-refractivity contribution in [1.82, 2.24) is 4.98 Å². The third kappa shape index (κ3) is 3.30. The van der Waals surface area contributed by atoms with Gasteiger partial charge in [0.15, 0.2) is 11.5 Å². The Balaban J connectivity index is 2.06. The summed E-state index contributed by atoms with van der Waals surface area (Å²) < 4.78 is 16.9. The topological polar surface area (TPSA) is 111 Å². The Hall–Kier alpha value is -3.68. The predicted octanol–water partition coefficient (Wildman–Crippen LogP) is 4.20. The molecule has 0 amide bonds. The minimum absolute atomic E-state index is 0.177. The monoisotopic (exact) mass is 408 g/mol. The lowest BCUT2D eigenvalue weighted by atomic mass is 9.81. The Morgan fingerprint density at radius 2 is 2.07 bits per heavy atom. The maximum absolute atomic E-state index is 12.5. The number of aromatic nitrogens is 1. The lowest BCUT2D eigenvalue weighted by molar-refractivity contribution is 0.0691. The van der Waals surface area contributed by atoms with E-state index in [1.54, 1.807) is 44.3 Å². The summed E-state index contributed by atoms with van der Waals surface area (Å²) in [5.41, 5.74) is 2.47. The van der Waals surface area contributed by atoms with E-state index in [0.29, 0.717) is 51.7 Å². The van der Waals surface area contributed by atoms with Crippen LogP contribution in [0, 0.1) is 6.92 Å². The van der Waals surface area contributed by atoms with Crippen molar-refractivity contribution in [2.45, 2.75) is 32.8 Å². The molecule has 1 aliphatic heterocycles. The number of carboxylic acid groups (broad SMARTS) is 1. The number of hydrogen-bond donors (Lipinski definition) is 1. The van der Waals surface area contributed by atoms with E-state index in [2.05, 4.69) is 9.98 Å². The summed E-state index contributed by atoms with van der Waals surface area (Å²) in [5, 5.41) is 9.77. The number of aliphatic imine (C=N–C) groups is 1. The minimum atomic E-state index is -1.43. The van der Waals surface area contributed by atoms with Crippen LogP contribution in [0.4, 0.5) is 10.5 Å². The van der Waals surface area contributed by atoms with Gasteiger partial charge in [0.2, 0.25) is 5.88 Å². The van der Waals surface area contributed by atoms with Gasteiger partial charge in [0.1, 0.15) is 11.3 Å². The molecule has 1 aliphatic rings. The molecule has 0 bridgehead atoms. The SMILES string of the molecule is CCOc1nccc2c1C(c1cccc3c(=O)cc(C)oc13)C(OC(=O)O)C(C)=N2. The summed E-state index contributed by atoms with van der Waals surface area (Å²) >= 11 is 0. The van der Waals surface area contributed by atoms with Crippen molar-refractivity contribution >= 4 is 28.5 Å². The molecule has 1 N–H and O–H groups in total. The molecular weight excluding hydrogens is 388 g/mol. The van der Waals surface area contributed by atoms with Crippen LogP contribution in [-0.4, -0.2) is 34.7 Å². The van der Waals surface area contributed by atoms with Crippen molar-refractivity contribution < 1.29 is 23.8 Å². The molecule has 2 aromatic heterocycles. The average molecular weight is 408 g/mol. The van der Waals surface area contributed by atoms with Crippen LogP contribution in [0.15, 0.2) is 50.7 Å². The van der Waals surface area contributed by atoms with Gasteiger partial charge in [-0.1, -0.05) is 12.1 Å². The number of carbonyl (C=O) groups is 1. The van der Waals surface area contributed by atoms with E-state index in [9.17, 15) is 14.7 Å². The standard InChI is InChI=1S/C22H20N2O6/c1-4-28-21-18-15(8-9-23-21)24-12(3)19(30-22(26)27)17(18)14-7-5-6-13-16(25)10-11(2)29-20(13)14/h5-10,17,19H,4H2,1-3H3,(H,26,27). The molecule has 0 saturated heterocycles. The van der Waals surface area contributed by atoms with Crippen LogP contribution in [0.5, 0.6) is 5.88 Å². The Bertz CT molecular complexity index is 1230. The zero-order valence-electron chi connectivity index (χ0n) is 16.7. The maximum Gasteiger partial charge on any atom is 0.506 e. The Morgan fingerprint density at radius 3 is 2.80 bits per heavy atom. The molecule has 0 saturated carbocycles. The fraction of sp³-hybridized carbons (Fsp3) is 0.273.